The summed E-state index contributed by atoms with van der Waals surface area (Å²) < 4.78 is 5.10. The molecule has 0 radical (unpaired) electrons. The van der Waals surface area contributed by atoms with Gasteiger partial charge in [0.05, 0.1) is 17.7 Å². The second kappa shape index (κ2) is 6.81. The first-order valence-corrected chi connectivity index (χ1v) is 8.03. The normalized spacial score (nSPS) is 10.5. The topological polar surface area (TPSA) is 59.3 Å². The van der Waals surface area contributed by atoms with E-state index in [1.807, 2.05) is 6.07 Å². The molecule has 0 saturated heterocycles. The van der Waals surface area contributed by atoms with Gasteiger partial charge in [-0.15, -0.1) is 11.3 Å². The maximum atomic E-state index is 12.1. The molecule has 0 unspecified atom stereocenters. The zero-order valence-corrected chi connectivity index (χ0v) is 13.5. The number of benzene rings is 1. The van der Waals surface area contributed by atoms with E-state index in [9.17, 15) is 9.59 Å². The van der Waals surface area contributed by atoms with Crippen molar-refractivity contribution in [1.29, 1.82) is 0 Å². The Labute approximate surface area is 141 Å². The molecule has 0 aliphatic rings. The molecule has 1 N–H and O–H groups in total. The zero-order chi connectivity index (χ0) is 16.2. The first-order valence-electron chi connectivity index (χ1n) is 6.84. The number of hydrogen-bond donors (Lipinski definition) is 1. The summed E-state index contributed by atoms with van der Waals surface area (Å²) in [6.07, 6.45) is 1.47. The van der Waals surface area contributed by atoms with Gasteiger partial charge in [0.1, 0.15) is 0 Å². The molecule has 0 spiro atoms. The predicted molar refractivity (Wildman–Crippen MR) is 89.1 cm³/mol. The van der Waals surface area contributed by atoms with Gasteiger partial charge >= 0.3 is 0 Å². The van der Waals surface area contributed by atoms with Crippen LogP contribution >= 0.6 is 22.9 Å². The van der Waals surface area contributed by atoms with E-state index in [4.69, 9.17) is 16.0 Å². The molecule has 6 heteroatoms. The Kier molecular flexibility index (Phi) is 4.60. The average molecular weight is 346 g/mol. The molecule has 2 heterocycles. The van der Waals surface area contributed by atoms with E-state index in [0.29, 0.717) is 27.8 Å². The second-order valence-electron chi connectivity index (χ2n) is 4.77. The number of hydrogen-bond acceptors (Lipinski definition) is 4. The van der Waals surface area contributed by atoms with Crippen LogP contribution in [0.1, 0.15) is 30.7 Å². The number of furan rings is 1. The number of rotatable bonds is 5. The van der Waals surface area contributed by atoms with Crippen LogP contribution in [0.5, 0.6) is 0 Å². The Balaban J connectivity index is 1.63. The highest BCUT2D eigenvalue weighted by Gasteiger charge is 2.14. The molecular weight excluding hydrogens is 334 g/mol. The van der Waals surface area contributed by atoms with E-state index < -0.39 is 0 Å². The number of ketones is 1. The third kappa shape index (κ3) is 3.70. The minimum Gasteiger partial charge on any atom is -0.461 e. The van der Waals surface area contributed by atoms with Gasteiger partial charge in [-0.25, -0.2) is 0 Å². The molecule has 116 valence electrons. The fraction of sp³-hybridized carbons (Fsp3) is 0.0588. The maximum absolute atomic E-state index is 12.1. The van der Waals surface area contributed by atoms with Crippen LogP contribution in [0.25, 0.3) is 0 Å². The number of halogens is 1. The largest absolute Gasteiger partial charge is 0.461 e. The van der Waals surface area contributed by atoms with E-state index in [1.165, 1.54) is 17.6 Å². The first-order chi connectivity index (χ1) is 11.1. The molecule has 0 aliphatic heterocycles. The van der Waals surface area contributed by atoms with Crippen LogP contribution in [-0.2, 0) is 6.54 Å². The van der Waals surface area contributed by atoms with E-state index in [0.717, 1.165) is 4.88 Å². The Hall–Kier alpha value is -2.37. The predicted octanol–water partition coefficient (Wildman–Crippen LogP) is 4.16. The molecular formula is C17H12ClNO3S. The summed E-state index contributed by atoms with van der Waals surface area (Å²) in [4.78, 5) is 25.6. The number of thiophene rings is 1. The lowest BCUT2D eigenvalue weighted by molar-refractivity contribution is 0.0950. The van der Waals surface area contributed by atoms with Gasteiger partial charge in [-0.3, -0.25) is 9.59 Å². The molecule has 1 amide bonds. The van der Waals surface area contributed by atoms with Gasteiger partial charge in [-0.05, 0) is 42.5 Å². The summed E-state index contributed by atoms with van der Waals surface area (Å²) in [5.41, 5.74) is 0.501. The van der Waals surface area contributed by atoms with Crippen LogP contribution in [0.15, 0.2) is 59.2 Å². The summed E-state index contributed by atoms with van der Waals surface area (Å²) in [6.45, 7) is 0.349. The van der Waals surface area contributed by atoms with Gasteiger partial charge in [0.25, 0.3) is 5.91 Å². The van der Waals surface area contributed by atoms with Crippen molar-refractivity contribution < 1.29 is 14.0 Å². The highest BCUT2D eigenvalue weighted by atomic mass is 35.5. The van der Waals surface area contributed by atoms with E-state index in [2.05, 4.69) is 5.32 Å². The molecule has 0 atom stereocenters. The van der Waals surface area contributed by atoms with Crippen molar-refractivity contribution in [2.45, 2.75) is 6.54 Å². The van der Waals surface area contributed by atoms with Crippen molar-refractivity contribution in [3.05, 3.63) is 80.9 Å². The minimum atomic E-state index is -0.209. The van der Waals surface area contributed by atoms with Crippen molar-refractivity contribution in [3.63, 3.8) is 0 Å². The van der Waals surface area contributed by atoms with Gasteiger partial charge in [-0.2, -0.15) is 0 Å². The Morgan fingerprint density at radius 3 is 2.74 bits per heavy atom. The quantitative estimate of drug-likeness (QED) is 0.706. The molecule has 2 aromatic heterocycles. The van der Waals surface area contributed by atoms with Gasteiger partial charge < -0.3 is 9.73 Å². The molecule has 0 fully saturated rings. The van der Waals surface area contributed by atoms with Crippen molar-refractivity contribution in [1.82, 2.24) is 5.32 Å². The summed E-state index contributed by atoms with van der Waals surface area (Å²) in [5, 5.41) is 3.32. The van der Waals surface area contributed by atoms with Crippen LogP contribution in [0, 0.1) is 0 Å². The molecule has 3 rings (SSSR count). The number of nitrogens with one attached hydrogen (secondary N) is 1. The fourth-order valence-electron chi connectivity index (χ4n) is 2.02. The number of carbonyl (C=O) groups excluding carboxylic acids is 2. The molecule has 23 heavy (non-hydrogen) atoms. The van der Waals surface area contributed by atoms with Crippen LogP contribution in [0.4, 0.5) is 0 Å². The minimum absolute atomic E-state index is 0.160. The van der Waals surface area contributed by atoms with Crippen molar-refractivity contribution in [2.24, 2.45) is 0 Å². The van der Waals surface area contributed by atoms with E-state index in [-0.39, 0.29) is 11.7 Å². The molecule has 0 bridgehead atoms. The van der Waals surface area contributed by atoms with Gasteiger partial charge in [0, 0.05) is 15.5 Å². The van der Waals surface area contributed by atoms with E-state index >= 15 is 0 Å². The lowest BCUT2D eigenvalue weighted by Gasteiger charge is -2.03. The SMILES string of the molecule is O=C(NCc1ccc(C(=O)c2ccco2)s1)c1cccc(Cl)c1. The van der Waals surface area contributed by atoms with Crippen LogP contribution in [0.2, 0.25) is 5.02 Å². The lowest BCUT2D eigenvalue weighted by Crippen LogP contribution is -2.22. The molecule has 0 saturated carbocycles. The Morgan fingerprint density at radius 1 is 1.13 bits per heavy atom. The summed E-state index contributed by atoms with van der Waals surface area (Å²) >= 11 is 7.20. The lowest BCUT2D eigenvalue weighted by atomic mass is 10.2. The van der Waals surface area contributed by atoms with Crippen molar-refractivity contribution >= 4 is 34.6 Å². The third-order valence-electron chi connectivity index (χ3n) is 3.14. The summed E-state index contributed by atoms with van der Waals surface area (Å²) in [5.74, 6) is -0.0615. The van der Waals surface area contributed by atoms with Crippen molar-refractivity contribution in [3.8, 4) is 0 Å². The van der Waals surface area contributed by atoms with Gasteiger partial charge in [0.15, 0.2) is 5.76 Å². The monoisotopic (exact) mass is 345 g/mol. The highest BCUT2D eigenvalue weighted by molar-refractivity contribution is 7.14. The summed E-state index contributed by atoms with van der Waals surface area (Å²) in [7, 11) is 0. The van der Waals surface area contributed by atoms with Crippen LogP contribution < -0.4 is 5.32 Å². The Bertz CT molecular complexity index is 839. The molecule has 4 nitrogen and oxygen atoms in total. The van der Waals surface area contributed by atoms with E-state index in [1.54, 1.807) is 42.5 Å². The summed E-state index contributed by atoms with van der Waals surface area (Å²) in [6, 6.07) is 13.6. The standard InChI is InChI=1S/C17H12ClNO3S/c18-12-4-1-3-11(9-12)17(21)19-10-13-6-7-15(23-13)16(20)14-5-2-8-22-14/h1-9H,10H2,(H,19,21). The van der Waals surface area contributed by atoms with Gasteiger partial charge in [-0.1, -0.05) is 17.7 Å². The number of amides is 1. The zero-order valence-electron chi connectivity index (χ0n) is 11.9. The molecule has 1 aromatic carbocycles. The smallest absolute Gasteiger partial charge is 0.251 e. The maximum Gasteiger partial charge on any atom is 0.251 e. The Morgan fingerprint density at radius 2 is 2.00 bits per heavy atom. The fourth-order valence-corrected chi connectivity index (χ4v) is 3.11. The third-order valence-corrected chi connectivity index (χ3v) is 4.46. The van der Waals surface area contributed by atoms with Crippen LogP contribution in [-0.4, -0.2) is 11.7 Å². The highest BCUT2D eigenvalue weighted by Crippen LogP contribution is 2.20. The first kappa shape index (κ1) is 15.5. The van der Waals surface area contributed by atoms with Crippen molar-refractivity contribution in [2.75, 3.05) is 0 Å². The molecule has 3 aromatic rings. The second-order valence-corrected chi connectivity index (χ2v) is 6.37. The van der Waals surface area contributed by atoms with Gasteiger partial charge in [0.2, 0.25) is 5.78 Å². The number of carbonyl (C=O) groups is 2. The molecule has 0 aliphatic carbocycles. The van der Waals surface area contributed by atoms with Crippen LogP contribution in [0.3, 0.4) is 0 Å². The average Bonchev–Trinajstić information content (AvgIpc) is 3.23.